The zero-order valence-electron chi connectivity index (χ0n) is 20.7. The smallest absolute Gasteiger partial charge is 0.309 e. The molecule has 36 heavy (non-hydrogen) atoms. The predicted molar refractivity (Wildman–Crippen MR) is 134 cm³/mol. The molecule has 2 fully saturated rings. The number of furan rings is 1. The van der Waals surface area contributed by atoms with E-state index >= 15 is 0 Å². The van der Waals surface area contributed by atoms with E-state index in [1.807, 2.05) is 12.1 Å². The Morgan fingerprint density at radius 3 is 2.53 bits per heavy atom. The summed E-state index contributed by atoms with van der Waals surface area (Å²) in [6.07, 6.45) is 4.81. The number of rotatable bonds is 11. The van der Waals surface area contributed by atoms with Crippen molar-refractivity contribution in [2.75, 3.05) is 45.9 Å². The first-order chi connectivity index (χ1) is 17.4. The van der Waals surface area contributed by atoms with Crippen molar-refractivity contribution in [1.29, 1.82) is 0 Å². The number of ketones is 1. The molecule has 0 saturated carbocycles. The van der Waals surface area contributed by atoms with Gasteiger partial charge >= 0.3 is 5.97 Å². The molecule has 196 valence electrons. The van der Waals surface area contributed by atoms with Gasteiger partial charge in [-0.25, -0.2) is 8.42 Å². The minimum Gasteiger partial charge on any atom is -0.468 e. The Hall–Kier alpha value is -2.53. The molecule has 1 unspecified atom stereocenters. The third-order valence-corrected chi connectivity index (χ3v) is 8.84. The Morgan fingerprint density at radius 2 is 1.86 bits per heavy atom. The number of piperidine rings is 1. The maximum Gasteiger partial charge on any atom is 0.309 e. The summed E-state index contributed by atoms with van der Waals surface area (Å²) in [7, 11) is -3.76. The van der Waals surface area contributed by atoms with Gasteiger partial charge in [0, 0.05) is 25.2 Å². The minimum absolute atomic E-state index is 0.0551. The van der Waals surface area contributed by atoms with Crippen LogP contribution in [0.1, 0.15) is 54.8 Å². The zero-order valence-corrected chi connectivity index (χ0v) is 21.5. The second-order valence-electron chi connectivity index (χ2n) is 9.29. The van der Waals surface area contributed by atoms with Crippen molar-refractivity contribution < 1.29 is 27.2 Å². The number of hydrogen-bond acceptors (Lipinski definition) is 8. The minimum atomic E-state index is -3.76. The summed E-state index contributed by atoms with van der Waals surface area (Å²) < 4.78 is 38.5. The highest BCUT2D eigenvalue weighted by molar-refractivity contribution is 7.89. The molecule has 0 radical (unpaired) electrons. The molecule has 1 aromatic heterocycles. The molecule has 2 aliphatic heterocycles. The van der Waals surface area contributed by atoms with Crippen LogP contribution in [0.5, 0.6) is 0 Å². The van der Waals surface area contributed by atoms with Gasteiger partial charge in [0.15, 0.2) is 5.78 Å². The van der Waals surface area contributed by atoms with Gasteiger partial charge in [0.25, 0.3) is 0 Å². The molecule has 9 nitrogen and oxygen atoms in total. The molecule has 1 atom stereocenters. The summed E-state index contributed by atoms with van der Waals surface area (Å²) in [5.74, 6) is 0.152. The Morgan fingerprint density at radius 1 is 1.11 bits per heavy atom. The average molecular weight is 518 g/mol. The van der Waals surface area contributed by atoms with Gasteiger partial charge in [-0.15, -0.1) is 0 Å². The van der Waals surface area contributed by atoms with Gasteiger partial charge in [-0.05, 0) is 70.0 Å². The van der Waals surface area contributed by atoms with Crippen LogP contribution in [-0.4, -0.2) is 75.3 Å². The van der Waals surface area contributed by atoms with E-state index in [-0.39, 0.29) is 48.2 Å². The largest absolute Gasteiger partial charge is 0.468 e. The van der Waals surface area contributed by atoms with Gasteiger partial charge in [0.05, 0.1) is 36.3 Å². The maximum atomic E-state index is 13.2. The van der Waals surface area contributed by atoms with E-state index in [1.165, 1.54) is 16.4 Å². The number of sulfonamides is 1. The molecule has 1 N–H and O–H groups in total. The van der Waals surface area contributed by atoms with Crippen molar-refractivity contribution in [2.24, 2.45) is 5.92 Å². The number of benzene rings is 1. The number of esters is 1. The van der Waals surface area contributed by atoms with Gasteiger partial charge in [-0.2, -0.15) is 4.31 Å². The second-order valence-corrected chi connectivity index (χ2v) is 11.2. The van der Waals surface area contributed by atoms with E-state index in [2.05, 4.69) is 10.2 Å². The summed E-state index contributed by atoms with van der Waals surface area (Å²) >= 11 is 0. The number of carbonyl (C=O) groups is 2. The third-order valence-electron chi connectivity index (χ3n) is 6.94. The lowest BCUT2D eigenvalue weighted by Crippen LogP contribution is -2.40. The van der Waals surface area contributed by atoms with Crippen LogP contribution in [0.25, 0.3) is 0 Å². The van der Waals surface area contributed by atoms with E-state index in [0.29, 0.717) is 31.6 Å². The van der Waals surface area contributed by atoms with Crippen LogP contribution < -0.4 is 5.32 Å². The number of hydrogen-bond donors (Lipinski definition) is 1. The average Bonchev–Trinajstić information content (AvgIpc) is 3.62. The summed E-state index contributed by atoms with van der Waals surface area (Å²) in [5.41, 5.74) is 0.348. The zero-order chi connectivity index (χ0) is 25.5. The van der Waals surface area contributed by atoms with Crippen LogP contribution >= 0.6 is 0 Å². The van der Waals surface area contributed by atoms with Crippen molar-refractivity contribution in [3.63, 3.8) is 0 Å². The highest BCUT2D eigenvalue weighted by Crippen LogP contribution is 2.26. The van der Waals surface area contributed by atoms with Crippen LogP contribution in [0.4, 0.5) is 0 Å². The SMILES string of the molecule is CCOC(=O)C1CCN(S(=O)(=O)c2cccc(C(=O)CNCC(c3ccco3)N3CCCC3)c2)CC1. The molecule has 2 saturated heterocycles. The van der Waals surface area contributed by atoms with E-state index < -0.39 is 10.0 Å². The van der Waals surface area contributed by atoms with E-state index in [0.717, 1.165) is 31.7 Å². The van der Waals surface area contributed by atoms with Gasteiger partial charge in [0.1, 0.15) is 5.76 Å². The second kappa shape index (κ2) is 12.1. The van der Waals surface area contributed by atoms with Crippen LogP contribution in [-0.2, 0) is 19.6 Å². The fourth-order valence-corrected chi connectivity index (χ4v) is 6.46. The summed E-state index contributed by atoms with van der Waals surface area (Å²) in [6.45, 7) is 5.22. The van der Waals surface area contributed by atoms with E-state index in [1.54, 1.807) is 25.3 Å². The summed E-state index contributed by atoms with van der Waals surface area (Å²) in [4.78, 5) is 27.3. The number of carbonyl (C=O) groups excluding carboxylic acids is 2. The third kappa shape index (κ3) is 6.23. The fraction of sp³-hybridized carbons (Fsp3) is 0.538. The molecule has 0 amide bonds. The van der Waals surface area contributed by atoms with Crippen LogP contribution in [0.2, 0.25) is 0 Å². The first-order valence-electron chi connectivity index (χ1n) is 12.7. The Labute approximate surface area is 212 Å². The van der Waals surface area contributed by atoms with Crippen LogP contribution in [0.15, 0.2) is 52.0 Å². The predicted octanol–water partition coefficient (Wildman–Crippen LogP) is 2.85. The number of likely N-dealkylation sites (tertiary alicyclic amines) is 1. The molecule has 0 bridgehead atoms. The molecule has 2 aliphatic rings. The summed E-state index contributed by atoms with van der Waals surface area (Å²) in [5, 5.41) is 3.24. The van der Waals surface area contributed by atoms with Gasteiger partial charge in [-0.3, -0.25) is 14.5 Å². The van der Waals surface area contributed by atoms with Crippen molar-refractivity contribution in [3.05, 3.63) is 54.0 Å². The summed E-state index contributed by atoms with van der Waals surface area (Å²) in [6, 6.07) is 10.1. The molecule has 0 aliphatic carbocycles. The lowest BCUT2D eigenvalue weighted by Gasteiger charge is -2.30. The van der Waals surface area contributed by atoms with Gasteiger partial charge in [-0.1, -0.05) is 12.1 Å². The van der Waals surface area contributed by atoms with Crippen LogP contribution in [0.3, 0.4) is 0 Å². The lowest BCUT2D eigenvalue weighted by atomic mass is 9.98. The molecule has 3 heterocycles. The number of nitrogens with zero attached hydrogens (tertiary/aromatic N) is 2. The fourth-order valence-electron chi connectivity index (χ4n) is 4.94. The quantitative estimate of drug-likeness (QED) is 0.358. The van der Waals surface area contributed by atoms with Crippen molar-refractivity contribution >= 4 is 21.8 Å². The molecule has 2 aromatic rings. The molecule has 0 spiro atoms. The first kappa shape index (κ1) is 26.5. The van der Waals surface area contributed by atoms with Crippen molar-refractivity contribution in [3.8, 4) is 0 Å². The number of Topliss-reactive ketones (excluding diaryl/α,β-unsaturated/α-hetero) is 1. The molecule has 4 rings (SSSR count). The van der Waals surface area contributed by atoms with Gasteiger partial charge < -0.3 is 14.5 Å². The first-order valence-corrected chi connectivity index (χ1v) is 14.1. The highest BCUT2D eigenvalue weighted by atomic mass is 32.2. The Balaban J connectivity index is 1.35. The maximum absolute atomic E-state index is 13.2. The monoisotopic (exact) mass is 517 g/mol. The van der Waals surface area contributed by atoms with E-state index in [4.69, 9.17) is 9.15 Å². The standard InChI is InChI=1S/C26H35N3O6S/c1-2-34-26(31)20-10-14-29(15-11-20)36(32,33)22-8-5-7-21(17-22)24(30)19-27-18-23(25-9-6-16-35-25)28-12-3-4-13-28/h5-9,16-17,20,23,27H,2-4,10-15,18-19H2,1H3. The number of ether oxygens (including phenoxy) is 1. The topological polar surface area (TPSA) is 109 Å². The molecule has 10 heteroatoms. The lowest BCUT2D eigenvalue weighted by molar-refractivity contribution is -0.149. The molecule has 1 aromatic carbocycles. The van der Waals surface area contributed by atoms with Crippen molar-refractivity contribution in [1.82, 2.24) is 14.5 Å². The highest BCUT2D eigenvalue weighted by Gasteiger charge is 2.33. The van der Waals surface area contributed by atoms with E-state index in [9.17, 15) is 18.0 Å². The Kier molecular flexibility index (Phi) is 8.95. The normalized spacial score (nSPS) is 18.8. The number of nitrogens with one attached hydrogen (secondary N) is 1. The van der Waals surface area contributed by atoms with Crippen LogP contribution in [0, 0.1) is 5.92 Å². The Bertz CT molecular complexity index is 1120. The van der Waals surface area contributed by atoms with Gasteiger partial charge in [0.2, 0.25) is 10.0 Å². The van der Waals surface area contributed by atoms with Crippen molar-refractivity contribution in [2.45, 2.75) is 43.5 Å². The molecular weight excluding hydrogens is 482 g/mol. The molecular formula is C26H35N3O6S.